The number of thiazole rings is 2. The second-order valence-electron chi connectivity index (χ2n) is 9.62. The van der Waals surface area contributed by atoms with E-state index in [9.17, 15) is 26.4 Å². The number of amides is 2. The van der Waals surface area contributed by atoms with Crippen LogP contribution in [0.15, 0.2) is 70.5 Å². The van der Waals surface area contributed by atoms with Gasteiger partial charge in [-0.2, -0.15) is 0 Å². The Kier molecular flexibility index (Phi) is 8.84. The van der Waals surface area contributed by atoms with E-state index in [1.807, 2.05) is 0 Å². The molecule has 2 heterocycles. The lowest BCUT2D eigenvalue weighted by Crippen LogP contribution is -2.26. The average molecular weight is 673 g/mol. The van der Waals surface area contributed by atoms with Crippen molar-refractivity contribution in [2.75, 3.05) is 37.8 Å². The maximum Gasteiger partial charge on any atom is 0.257 e. The average Bonchev–Trinajstić information content (AvgIpc) is 3.61. The smallest absolute Gasteiger partial charge is 0.257 e. The number of carbonyl (C=O) groups excluding carboxylic acids is 2. The topological polar surface area (TPSA) is 159 Å². The summed E-state index contributed by atoms with van der Waals surface area (Å²) < 4.78 is 54.3. The van der Waals surface area contributed by atoms with Gasteiger partial charge in [0.05, 0.1) is 30.2 Å². The van der Waals surface area contributed by atoms with Gasteiger partial charge in [0.2, 0.25) is 20.0 Å². The lowest BCUT2D eigenvalue weighted by atomic mass is 10.1. The summed E-state index contributed by atoms with van der Waals surface area (Å²) in [6, 6.07) is 15.3. The molecule has 44 heavy (non-hydrogen) atoms. The molecular formula is C28H28N6O6S4. The Hall–Kier alpha value is -3.80. The third-order valence-corrected chi connectivity index (χ3v) is 12.6. The summed E-state index contributed by atoms with van der Waals surface area (Å²) >= 11 is 2.31. The van der Waals surface area contributed by atoms with Crippen molar-refractivity contribution in [1.82, 2.24) is 18.6 Å². The van der Waals surface area contributed by atoms with Crippen molar-refractivity contribution in [1.29, 1.82) is 0 Å². The fraction of sp³-hybridized carbons (Fsp3) is 0.214. The SMILES string of the molecule is CCN(C)S(=O)(=O)c1ccc2nc(NC(=O)c3ccc(C(=O)Nc4nc5ccc(S(=O)(=O)N(C)CC)cc5s4)cc3)sc2c1. The molecule has 0 saturated carbocycles. The molecule has 0 spiro atoms. The summed E-state index contributed by atoms with van der Waals surface area (Å²) in [6.45, 7) is 4.16. The number of aromatic nitrogens is 2. The molecule has 0 unspecified atom stereocenters. The van der Waals surface area contributed by atoms with Crippen LogP contribution >= 0.6 is 22.7 Å². The molecule has 0 saturated heterocycles. The molecule has 0 fully saturated rings. The van der Waals surface area contributed by atoms with Gasteiger partial charge in [0, 0.05) is 38.3 Å². The van der Waals surface area contributed by atoms with Gasteiger partial charge in [0.1, 0.15) is 0 Å². The second kappa shape index (κ2) is 12.3. The zero-order chi connectivity index (χ0) is 31.8. The van der Waals surface area contributed by atoms with Crippen LogP contribution in [0.25, 0.3) is 20.4 Å². The van der Waals surface area contributed by atoms with Gasteiger partial charge in [-0.05, 0) is 60.7 Å². The summed E-state index contributed by atoms with van der Waals surface area (Å²) in [5, 5.41) is 6.05. The van der Waals surface area contributed by atoms with Crippen LogP contribution < -0.4 is 10.6 Å². The van der Waals surface area contributed by atoms with Crippen molar-refractivity contribution >= 4 is 85.2 Å². The molecule has 12 nitrogen and oxygen atoms in total. The second-order valence-corrected chi connectivity index (χ2v) is 15.8. The van der Waals surface area contributed by atoms with Crippen LogP contribution in [0.5, 0.6) is 0 Å². The first kappa shape index (κ1) is 31.6. The van der Waals surface area contributed by atoms with Gasteiger partial charge in [0.25, 0.3) is 11.8 Å². The summed E-state index contributed by atoms with van der Waals surface area (Å²) in [6.07, 6.45) is 0. The molecular weight excluding hydrogens is 645 g/mol. The minimum Gasteiger partial charge on any atom is -0.298 e. The van der Waals surface area contributed by atoms with Crippen molar-refractivity contribution in [2.45, 2.75) is 23.6 Å². The molecule has 0 bridgehead atoms. The Morgan fingerprint density at radius 1 is 0.659 bits per heavy atom. The first-order valence-corrected chi connectivity index (χ1v) is 17.8. The van der Waals surface area contributed by atoms with E-state index < -0.39 is 31.9 Å². The number of rotatable bonds is 10. The van der Waals surface area contributed by atoms with Gasteiger partial charge >= 0.3 is 0 Å². The van der Waals surface area contributed by atoms with Crippen molar-refractivity contribution in [3.8, 4) is 0 Å². The van der Waals surface area contributed by atoms with E-state index in [-0.39, 0.29) is 9.79 Å². The van der Waals surface area contributed by atoms with E-state index in [0.29, 0.717) is 54.9 Å². The summed E-state index contributed by atoms with van der Waals surface area (Å²) in [5.74, 6) is -0.888. The fourth-order valence-corrected chi connectivity index (χ4v) is 8.41. The number of hydrogen-bond acceptors (Lipinski definition) is 10. The molecule has 0 aliphatic carbocycles. The molecule has 0 atom stereocenters. The number of hydrogen-bond donors (Lipinski definition) is 2. The molecule has 0 aliphatic heterocycles. The largest absolute Gasteiger partial charge is 0.298 e. The van der Waals surface area contributed by atoms with Gasteiger partial charge in [-0.25, -0.2) is 35.4 Å². The normalized spacial score (nSPS) is 12.3. The Labute approximate surface area is 262 Å². The Bertz CT molecular complexity index is 1960. The third-order valence-electron chi connectivity index (χ3n) is 6.88. The molecule has 5 aromatic rings. The highest BCUT2D eigenvalue weighted by molar-refractivity contribution is 7.89. The number of fused-ring (bicyclic) bond motifs is 2. The molecule has 16 heteroatoms. The monoisotopic (exact) mass is 672 g/mol. The van der Waals surface area contributed by atoms with Crippen LogP contribution in [0.3, 0.4) is 0 Å². The predicted octanol–water partition coefficient (Wildman–Crippen LogP) is 4.69. The number of nitrogens with zero attached hydrogens (tertiary/aromatic N) is 4. The van der Waals surface area contributed by atoms with E-state index >= 15 is 0 Å². The highest BCUT2D eigenvalue weighted by atomic mass is 32.2. The standard InChI is InChI=1S/C28H28N6O6S4/c1-5-33(3)43(37,38)19-11-13-21-23(15-19)41-27(29-21)31-25(35)17-7-9-18(10-8-17)26(36)32-28-30-22-14-12-20(16-24(22)42-28)44(39,40)34(4)6-2/h7-16H,5-6H2,1-4H3,(H,29,31,35)(H,30,32,36). The van der Waals surface area contributed by atoms with Crippen LogP contribution in [0.4, 0.5) is 10.3 Å². The van der Waals surface area contributed by atoms with Crippen LogP contribution in [0.2, 0.25) is 0 Å². The van der Waals surface area contributed by atoms with Crippen molar-refractivity contribution < 1.29 is 26.4 Å². The predicted molar refractivity (Wildman–Crippen MR) is 173 cm³/mol. The van der Waals surface area contributed by atoms with Gasteiger partial charge < -0.3 is 0 Å². The van der Waals surface area contributed by atoms with E-state index in [0.717, 1.165) is 22.7 Å². The van der Waals surface area contributed by atoms with E-state index in [4.69, 9.17) is 0 Å². The Morgan fingerprint density at radius 3 is 1.36 bits per heavy atom. The van der Waals surface area contributed by atoms with Crippen LogP contribution in [-0.4, -0.2) is 74.4 Å². The first-order valence-electron chi connectivity index (χ1n) is 13.3. The van der Waals surface area contributed by atoms with Crippen molar-refractivity contribution in [3.63, 3.8) is 0 Å². The summed E-state index contributed by atoms with van der Waals surface area (Å²) in [5.41, 5.74) is 1.69. The molecule has 2 N–H and O–H groups in total. The summed E-state index contributed by atoms with van der Waals surface area (Å²) in [7, 11) is -4.23. The van der Waals surface area contributed by atoms with Gasteiger partial charge in [-0.15, -0.1) is 0 Å². The Morgan fingerprint density at radius 2 is 1.02 bits per heavy atom. The number of nitrogens with one attached hydrogen (secondary N) is 2. The number of anilines is 2. The van der Waals surface area contributed by atoms with E-state index in [1.165, 1.54) is 71.2 Å². The van der Waals surface area contributed by atoms with E-state index in [1.54, 1.807) is 26.0 Å². The minimum absolute atomic E-state index is 0.146. The molecule has 0 radical (unpaired) electrons. The number of carbonyl (C=O) groups is 2. The Balaban J connectivity index is 1.26. The zero-order valence-electron chi connectivity index (χ0n) is 24.1. The molecule has 5 rings (SSSR count). The van der Waals surface area contributed by atoms with Crippen LogP contribution in [-0.2, 0) is 20.0 Å². The number of sulfonamides is 2. The highest BCUT2D eigenvalue weighted by Gasteiger charge is 2.22. The lowest BCUT2D eigenvalue weighted by Gasteiger charge is -2.14. The molecule has 2 amide bonds. The fourth-order valence-electron chi connectivity index (χ4n) is 4.05. The quantitative estimate of drug-likeness (QED) is 0.216. The van der Waals surface area contributed by atoms with E-state index in [2.05, 4.69) is 20.6 Å². The van der Waals surface area contributed by atoms with Gasteiger partial charge in [-0.1, -0.05) is 36.5 Å². The molecule has 0 aliphatic rings. The maximum absolute atomic E-state index is 12.9. The molecule has 2 aromatic heterocycles. The van der Waals surface area contributed by atoms with Crippen LogP contribution in [0.1, 0.15) is 34.6 Å². The lowest BCUT2D eigenvalue weighted by molar-refractivity contribution is 0.101. The highest BCUT2D eigenvalue weighted by Crippen LogP contribution is 2.31. The maximum atomic E-state index is 12.9. The zero-order valence-corrected chi connectivity index (χ0v) is 27.3. The third kappa shape index (κ3) is 6.22. The van der Waals surface area contributed by atoms with Gasteiger partial charge in [-0.3, -0.25) is 20.2 Å². The summed E-state index contributed by atoms with van der Waals surface area (Å²) in [4.78, 5) is 34.8. The van der Waals surface area contributed by atoms with Gasteiger partial charge in [0.15, 0.2) is 10.3 Å². The molecule has 230 valence electrons. The van der Waals surface area contributed by atoms with Crippen molar-refractivity contribution in [3.05, 3.63) is 71.8 Å². The minimum atomic E-state index is -3.62. The first-order chi connectivity index (χ1) is 20.8. The molecule has 3 aromatic carbocycles. The van der Waals surface area contributed by atoms with Crippen molar-refractivity contribution in [2.24, 2.45) is 0 Å². The van der Waals surface area contributed by atoms with Crippen LogP contribution in [0, 0.1) is 0 Å². The number of benzene rings is 3.